The molecule has 0 bridgehead atoms. The number of nitrogens with zero attached hydrogens (tertiary/aromatic N) is 1. The summed E-state index contributed by atoms with van der Waals surface area (Å²) in [6.45, 7) is 7.91. The number of fused-ring (bicyclic) bond motifs is 1. The van der Waals surface area contributed by atoms with Crippen LogP contribution in [0.3, 0.4) is 0 Å². The van der Waals surface area contributed by atoms with Crippen molar-refractivity contribution in [3.05, 3.63) is 0 Å². The van der Waals surface area contributed by atoms with Crippen LogP contribution in [-0.2, 0) is 4.74 Å². The van der Waals surface area contributed by atoms with Crippen LogP contribution in [0.2, 0.25) is 0 Å². The molecule has 4 nitrogen and oxygen atoms in total. The number of rotatable bonds is 5. The molecule has 0 aromatic carbocycles. The lowest BCUT2D eigenvalue weighted by Gasteiger charge is -2.36. The summed E-state index contributed by atoms with van der Waals surface area (Å²) < 4.78 is 6.03. The van der Waals surface area contributed by atoms with E-state index in [0.29, 0.717) is 24.2 Å². The first-order valence-electron chi connectivity index (χ1n) is 9.13. The van der Waals surface area contributed by atoms with Crippen molar-refractivity contribution >= 4 is 0 Å². The van der Waals surface area contributed by atoms with E-state index < -0.39 is 0 Å². The van der Waals surface area contributed by atoms with Gasteiger partial charge in [0.1, 0.15) is 0 Å². The Bertz CT molecular complexity index is 304. The first-order chi connectivity index (χ1) is 10.3. The standard InChI is InChI=1S/C17H33N3O/c1-14(10-15-6-3-2-4-8-18-15)19-11-17-12-20-9-5-7-16(20)13-21-17/h14-19H,2-13H2,1H3. The van der Waals surface area contributed by atoms with Crippen LogP contribution < -0.4 is 10.6 Å². The molecule has 0 aromatic rings. The predicted octanol–water partition coefficient (Wildman–Crippen LogP) is 1.75. The van der Waals surface area contributed by atoms with Gasteiger partial charge in [0, 0.05) is 31.2 Å². The Kier molecular flexibility index (Phi) is 5.92. The summed E-state index contributed by atoms with van der Waals surface area (Å²) in [5.41, 5.74) is 0. The van der Waals surface area contributed by atoms with Crippen molar-refractivity contribution in [1.29, 1.82) is 0 Å². The average Bonchev–Trinajstić information content (AvgIpc) is 2.81. The predicted molar refractivity (Wildman–Crippen MR) is 86.7 cm³/mol. The maximum atomic E-state index is 6.03. The van der Waals surface area contributed by atoms with Crippen LogP contribution in [0.25, 0.3) is 0 Å². The topological polar surface area (TPSA) is 36.5 Å². The molecule has 0 spiro atoms. The summed E-state index contributed by atoms with van der Waals surface area (Å²) in [5, 5.41) is 7.41. The van der Waals surface area contributed by atoms with Crippen LogP contribution >= 0.6 is 0 Å². The maximum absolute atomic E-state index is 6.03. The van der Waals surface area contributed by atoms with Gasteiger partial charge < -0.3 is 15.4 Å². The second-order valence-corrected chi connectivity index (χ2v) is 7.29. The zero-order valence-corrected chi connectivity index (χ0v) is 13.7. The molecule has 21 heavy (non-hydrogen) atoms. The van der Waals surface area contributed by atoms with Crippen molar-refractivity contribution in [2.24, 2.45) is 0 Å². The number of nitrogens with one attached hydrogen (secondary N) is 2. The summed E-state index contributed by atoms with van der Waals surface area (Å²) in [6.07, 6.45) is 9.84. The lowest BCUT2D eigenvalue weighted by molar-refractivity contribution is -0.0478. The Morgan fingerprint density at radius 1 is 1.24 bits per heavy atom. The minimum absolute atomic E-state index is 0.392. The first-order valence-corrected chi connectivity index (χ1v) is 9.13. The Morgan fingerprint density at radius 3 is 3.14 bits per heavy atom. The largest absolute Gasteiger partial charge is 0.374 e. The second kappa shape index (κ2) is 7.91. The van der Waals surface area contributed by atoms with Crippen LogP contribution in [0.1, 0.15) is 51.9 Å². The summed E-state index contributed by atoms with van der Waals surface area (Å²) >= 11 is 0. The number of morpholine rings is 1. The molecule has 0 aliphatic carbocycles. The molecule has 0 aromatic heterocycles. The van der Waals surface area contributed by atoms with E-state index in [1.54, 1.807) is 0 Å². The smallest absolute Gasteiger partial charge is 0.0827 e. The molecule has 3 heterocycles. The molecule has 122 valence electrons. The first kappa shape index (κ1) is 15.7. The highest BCUT2D eigenvalue weighted by Crippen LogP contribution is 2.22. The zero-order valence-electron chi connectivity index (χ0n) is 13.7. The van der Waals surface area contributed by atoms with Crippen molar-refractivity contribution in [2.75, 3.05) is 32.8 Å². The van der Waals surface area contributed by atoms with Crippen molar-refractivity contribution in [3.63, 3.8) is 0 Å². The van der Waals surface area contributed by atoms with Crippen LogP contribution in [0.4, 0.5) is 0 Å². The third-order valence-corrected chi connectivity index (χ3v) is 5.46. The molecule has 3 saturated heterocycles. The minimum atomic E-state index is 0.392. The zero-order chi connectivity index (χ0) is 14.5. The Balaban J connectivity index is 1.34. The fourth-order valence-corrected chi connectivity index (χ4v) is 4.15. The van der Waals surface area contributed by atoms with Gasteiger partial charge in [-0.05, 0) is 52.1 Å². The Morgan fingerprint density at radius 2 is 2.19 bits per heavy atom. The molecule has 0 amide bonds. The Hall–Kier alpha value is -0.160. The molecule has 3 aliphatic rings. The van der Waals surface area contributed by atoms with Crippen LogP contribution in [-0.4, -0.2) is 61.9 Å². The number of ether oxygens (including phenoxy) is 1. The number of hydrogen-bond acceptors (Lipinski definition) is 4. The van der Waals surface area contributed by atoms with E-state index in [0.717, 1.165) is 19.7 Å². The van der Waals surface area contributed by atoms with Gasteiger partial charge in [0.05, 0.1) is 12.7 Å². The van der Waals surface area contributed by atoms with Gasteiger partial charge in [-0.3, -0.25) is 4.90 Å². The van der Waals surface area contributed by atoms with E-state index in [1.807, 2.05) is 0 Å². The fraction of sp³-hybridized carbons (Fsp3) is 1.00. The van der Waals surface area contributed by atoms with Crippen molar-refractivity contribution in [1.82, 2.24) is 15.5 Å². The molecule has 4 atom stereocenters. The van der Waals surface area contributed by atoms with E-state index in [-0.39, 0.29) is 0 Å². The molecule has 4 unspecified atom stereocenters. The van der Waals surface area contributed by atoms with Gasteiger partial charge in [0.15, 0.2) is 0 Å². The maximum Gasteiger partial charge on any atom is 0.0827 e. The molecule has 0 radical (unpaired) electrons. The van der Waals surface area contributed by atoms with Gasteiger partial charge in [-0.15, -0.1) is 0 Å². The molecule has 0 saturated carbocycles. The van der Waals surface area contributed by atoms with Crippen molar-refractivity contribution < 1.29 is 4.74 Å². The van der Waals surface area contributed by atoms with Gasteiger partial charge in [-0.25, -0.2) is 0 Å². The van der Waals surface area contributed by atoms with Gasteiger partial charge in [-0.2, -0.15) is 0 Å². The Labute approximate surface area is 130 Å². The van der Waals surface area contributed by atoms with Gasteiger partial charge in [-0.1, -0.05) is 12.8 Å². The summed E-state index contributed by atoms with van der Waals surface area (Å²) in [5.74, 6) is 0. The van der Waals surface area contributed by atoms with E-state index in [4.69, 9.17) is 4.74 Å². The summed E-state index contributed by atoms with van der Waals surface area (Å²) in [7, 11) is 0. The van der Waals surface area contributed by atoms with Crippen LogP contribution in [0, 0.1) is 0 Å². The van der Waals surface area contributed by atoms with Crippen LogP contribution in [0.5, 0.6) is 0 Å². The molecule has 4 heteroatoms. The summed E-state index contributed by atoms with van der Waals surface area (Å²) in [4.78, 5) is 2.63. The minimum Gasteiger partial charge on any atom is -0.374 e. The van der Waals surface area contributed by atoms with Crippen LogP contribution in [0.15, 0.2) is 0 Å². The normalized spacial score (nSPS) is 36.1. The fourth-order valence-electron chi connectivity index (χ4n) is 4.15. The van der Waals surface area contributed by atoms with Crippen molar-refractivity contribution in [3.8, 4) is 0 Å². The second-order valence-electron chi connectivity index (χ2n) is 7.29. The van der Waals surface area contributed by atoms with Crippen molar-refractivity contribution in [2.45, 2.75) is 76.1 Å². The lowest BCUT2D eigenvalue weighted by Crippen LogP contribution is -2.50. The van der Waals surface area contributed by atoms with E-state index in [2.05, 4.69) is 22.5 Å². The highest BCUT2D eigenvalue weighted by molar-refractivity contribution is 4.86. The van der Waals surface area contributed by atoms with Gasteiger partial charge in [0.2, 0.25) is 0 Å². The monoisotopic (exact) mass is 295 g/mol. The van der Waals surface area contributed by atoms with Gasteiger partial charge >= 0.3 is 0 Å². The average molecular weight is 295 g/mol. The van der Waals surface area contributed by atoms with E-state index in [1.165, 1.54) is 58.0 Å². The summed E-state index contributed by atoms with van der Waals surface area (Å²) in [6, 6.07) is 2.01. The third-order valence-electron chi connectivity index (χ3n) is 5.46. The highest BCUT2D eigenvalue weighted by atomic mass is 16.5. The molecule has 3 fully saturated rings. The SMILES string of the molecule is CC(CC1CCCCCN1)NCC1CN2CCCC2CO1. The number of hydrogen-bond donors (Lipinski definition) is 2. The van der Waals surface area contributed by atoms with E-state index in [9.17, 15) is 0 Å². The highest BCUT2D eigenvalue weighted by Gasteiger charge is 2.32. The molecular formula is C17H33N3O. The molecule has 2 N–H and O–H groups in total. The van der Waals surface area contributed by atoms with Gasteiger partial charge in [0.25, 0.3) is 0 Å². The quantitative estimate of drug-likeness (QED) is 0.810. The van der Waals surface area contributed by atoms with E-state index >= 15 is 0 Å². The molecule has 3 rings (SSSR count). The molecule has 3 aliphatic heterocycles. The third kappa shape index (κ3) is 4.65. The lowest BCUT2D eigenvalue weighted by atomic mass is 10.0. The molecular weight excluding hydrogens is 262 g/mol.